The molecule has 0 fully saturated rings. The van der Waals surface area contributed by atoms with Gasteiger partial charge < -0.3 is 17.4 Å². The highest BCUT2D eigenvalue weighted by Gasteiger charge is 2.42. The summed E-state index contributed by atoms with van der Waals surface area (Å²) in [6.07, 6.45) is 0. The van der Waals surface area contributed by atoms with Crippen molar-refractivity contribution in [3.05, 3.63) is 291 Å². The molecule has 1 aromatic heterocycles. The number of hydrogen-bond acceptors (Lipinski definition) is 5. The van der Waals surface area contributed by atoms with Gasteiger partial charge in [0.15, 0.2) is 11.2 Å². The van der Waals surface area contributed by atoms with Gasteiger partial charge in [-0.25, -0.2) is 5.16 Å². The highest BCUT2D eigenvalue weighted by atomic mass is 31.2. The molecule has 0 amide bonds. The van der Waals surface area contributed by atoms with Crippen molar-refractivity contribution in [3.63, 3.8) is 0 Å². The van der Waals surface area contributed by atoms with Gasteiger partial charge in [-0.1, -0.05) is 243 Å². The van der Waals surface area contributed by atoms with E-state index in [9.17, 15) is 5.16 Å². The Kier molecular flexibility index (Phi) is 11.7. The van der Waals surface area contributed by atoms with Crippen molar-refractivity contribution in [3.8, 4) is 67.1 Å². The average Bonchev–Trinajstić information content (AvgIpc) is 1.75. The summed E-state index contributed by atoms with van der Waals surface area (Å²) in [5, 5.41) is 30.5. The predicted octanol–water partition coefficient (Wildman–Crippen LogP) is 24.4. The normalized spacial score (nSPS) is 13.0. The third-order valence-electron chi connectivity index (χ3n) is 18.1. The third kappa shape index (κ3) is 8.33. The Morgan fingerprint density at radius 1 is 0.292 bits per heavy atom. The third-order valence-corrected chi connectivity index (χ3v) is 22.1. The van der Waals surface area contributed by atoms with Gasteiger partial charge in [-0.05, 0) is 157 Å². The fourth-order valence-electron chi connectivity index (χ4n) is 13.7. The highest BCUT2D eigenvalue weighted by Crippen LogP contribution is 2.67. The standard InChI is InChI=1S/C81H52N2O4P2/c1-83(88-84-78-70(62-38-34-50-18-2-6-22-54(50)42-62)46-58-26-10-14-30-66(58)74(78)75-67-31-15-11-27-59(67)47-71(79(75)85-88)63-39-35-51-19-3-7-23-55(51)43-63)89(82)86-80-72(64-40-36-52-20-4-8-24-56(52)44-64)48-60-28-12-16-32-68(60)76(80)77-69-33-17-13-29-61(69)49-73(81(77)87-89)65-41-37-53-21-5-9-25-57(53)45-65/h2-49,82H,1H3. The average molecular weight is 1180 g/mol. The SMILES string of the molecule is CN(p1oc2c(-c3ccc4ccccc4c3)cc3ccccc3c2c2c(o1)c(-c1ccc3ccccc3c1)cc1ccccc12)P1(=N)Oc2c(-c3ccc4ccccc4c3)cc3ccccc3c2-c2c(c(-c3ccc4ccccc4c3)cc3ccccc23)O1. The lowest BCUT2D eigenvalue weighted by Crippen LogP contribution is -2.18. The van der Waals surface area contributed by atoms with Gasteiger partial charge in [-0.15, -0.1) is 4.44 Å². The van der Waals surface area contributed by atoms with Crippen molar-refractivity contribution >= 4 is 124 Å². The maximum atomic E-state index is 11.6. The summed E-state index contributed by atoms with van der Waals surface area (Å²) in [6.45, 7) is 0. The number of hydrogen-bond donors (Lipinski definition) is 1. The Balaban J connectivity index is 0.991. The number of rotatable bonds is 6. The summed E-state index contributed by atoms with van der Waals surface area (Å²) >= 11 is 0. The van der Waals surface area contributed by atoms with E-state index in [1.807, 2.05) is 11.5 Å². The minimum atomic E-state index is -4.29. The largest absolute Gasteiger partial charge is 0.417 e. The molecule has 8 heteroatoms. The van der Waals surface area contributed by atoms with E-state index in [1.54, 1.807) is 0 Å². The molecule has 1 aliphatic heterocycles. The number of fused-ring (bicyclic) bond motifs is 18. The molecular formula is C81H52N2O4P2. The van der Waals surface area contributed by atoms with Crippen molar-refractivity contribution in [2.24, 2.45) is 0 Å². The lowest BCUT2D eigenvalue weighted by atomic mass is 9.86. The molecule has 1 N–H and O–H groups in total. The molecule has 17 aromatic rings. The van der Waals surface area contributed by atoms with E-state index >= 15 is 0 Å². The second-order valence-electron chi connectivity index (χ2n) is 23.3. The van der Waals surface area contributed by atoms with Crippen LogP contribution in [0.1, 0.15) is 0 Å². The van der Waals surface area contributed by atoms with E-state index in [1.165, 1.54) is 0 Å². The van der Waals surface area contributed by atoms with Gasteiger partial charge in [-0.2, -0.15) is 0 Å². The van der Waals surface area contributed by atoms with Gasteiger partial charge in [0, 0.05) is 51.2 Å². The van der Waals surface area contributed by atoms with Crippen LogP contribution in [0.4, 0.5) is 0 Å². The first-order valence-electron chi connectivity index (χ1n) is 30.0. The van der Waals surface area contributed by atoms with E-state index in [-0.39, 0.29) is 0 Å². The smallest absolute Gasteiger partial charge is 0.406 e. The number of nitrogens with one attached hydrogen (secondary N) is 1. The molecule has 0 atom stereocenters. The Bertz CT molecular complexity index is 5620. The molecule has 420 valence electrons. The predicted molar refractivity (Wildman–Crippen MR) is 375 cm³/mol. The van der Waals surface area contributed by atoms with Crippen molar-refractivity contribution in [1.29, 1.82) is 5.16 Å². The van der Waals surface area contributed by atoms with Crippen LogP contribution in [0.3, 0.4) is 0 Å². The summed E-state index contributed by atoms with van der Waals surface area (Å²) in [5.74, 6) is 1.09. The molecule has 0 saturated heterocycles. The molecule has 89 heavy (non-hydrogen) atoms. The lowest BCUT2D eigenvalue weighted by molar-refractivity contribution is 0.479. The van der Waals surface area contributed by atoms with Crippen LogP contribution in [0.2, 0.25) is 0 Å². The molecule has 18 rings (SSSR count). The summed E-state index contributed by atoms with van der Waals surface area (Å²) < 4.78 is 33.5. The minimum absolute atomic E-state index is 0.546. The van der Waals surface area contributed by atoms with Crippen LogP contribution in [0.5, 0.6) is 11.5 Å². The summed E-state index contributed by atoms with van der Waals surface area (Å²) in [7, 11) is -4.78. The molecule has 2 heterocycles. The maximum absolute atomic E-state index is 11.6. The fraction of sp³-hybridized carbons (Fsp3) is 0.0123. The molecule has 1 aliphatic rings. The molecule has 0 saturated carbocycles. The number of nitrogens with zero attached hydrogens (tertiary/aromatic N) is 1. The maximum Gasteiger partial charge on any atom is 0.406 e. The monoisotopic (exact) mass is 1180 g/mol. The first-order chi connectivity index (χ1) is 43.9. The van der Waals surface area contributed by atoms with Gasteiger partial charge in [0.25, 0.3) is 0 Å². The minimum Gasteiger partial charge on any atom is -0.417 e. The first-order valence-corrected chi connectivity index (χ1v) is 32.7. The van der Waals surface area contributed by atoms with Crippen molar-refractivity contribution < 1.29 is 17.4 Å². The van der Waals surface area contributed by atoms with Crippen molar-refractivity contribution in [2.45, 2.75) is 0 Å². The summed E-state index contributed by atoms with van der Waals surface area (Å²) in [4.78, 5) is 0. The van der Waals surface area contributed by atoms with Gasteiger partial charge in [0.05, 0.1) is 0 Å². The van der Waals surface area contributed by atoms with Crippen LogP contribution in [0, 0.1) is 5.16 Å². The van der Waals surface area contributed by atoms with Crippen LogP contribution in [-0.2, 0) is 0 Å². The van der Waals surface area contributed by atoms with E-state index in [0.717, 1.165) is 153 Å². The fourth-order valence-corrected chi connectivity index (χ4v) is 17.1. The zero-order chi connectivity index (χ0) is 58.9. The summed E-state index contributed by atoms with van der Waals surface area (Å²) in [5.41, 5.74) is 10.3. The molecule has 0 unspecified atom stereocenters. The van der Waals surface area contributed by atoms with Gasteiger partial charge in [0.2, 0.25) is 0 Å². The molecule has 6 nitrogen and oxygen atoms in total. The van der Waals surface area contributed by atoms with E-state index in [4.69, 9.17) is 17.4 Å². The van der Waals surface area contributed by atoms with E-state index < -0.39 is 15.8 Å². The van der Waals surface area contributed by atoms with Crippen LogP contribution in [-0.4, -0.2) is 7.05 Å². The second-order valence-corrected chi connectivity index (χ2v) is 27.0. The van der Waals surface area contributed by atoms with Crippen LogP contribution in [0.25, 0.3) is 164 Å². The molecule has 0 radical (unpaired) electrons. The van der Waals surface area contributed by atoms with Gasteiger partial charge >= 0.3 is 15.8 Å². The topological polar surface area (TPSA) is 71.8 Å². The quantitative estimate of drug-likeness (QED) is 0.168. The lowest BCUT2D eigenvalue weighted by Gasteiger charge is -2.28. The summed E-state index contributed by atoms with van der Waals surface area (Å²) in [6, 6.07) is 104. The zero-order valence-electron chi connectivity index (χ0n) is 48.2. The Morgan fingerprint density at radius 3 is 0.910 bits per heavy atom. The van der Waals surface area contributed by atoms with E-state index in [0.29, 0.717) is 22.7 Å². The highest BCUT2D eigenvalue weighted by molar-refractivity contribution is 7.68. The zero-order valence-corrected chi connectivity index (χ0v) is 50.0. The molecule has 0 spiro atoms. The van der Waals surface area contributed by atoms with Gasteiger partial charge in [-0.3, -0.25) is 0 Å². The second kappa shape index (κ2) is 20.2. The Morgan fingerprint density at radius 2 is 0.562 bits per heavy atom. The van der Waals surface area contributed by atoms with Crippen LogP contribution < -0.4 is 13.5 Å². The molecular weight excluding hydrogens is 1130 g/mol. The molecule has 16 aromatic carbocycles. The van der Waals surface area contributed by atoms with Gasteiger partial charge in [0.1, 0.15) is 11.5 Å². The van der Waals surface area contributed by atoms with Crippen molar-refractivity contribution in [2.75, 3.05) is 11.5 Å². The number of benzene rings is 16. The Hall–Kier alpha value is -10.7. The molecule has 0 aliphatic carbocycles. The van der Waals surface area contributed by atoms with Crippen LogP contribution >= 0.6 is 15.8 Å². The van der Waals surface area contributed by atoms with E-state index in [2.05, 4.69) is 291 Å². The molecule has 0 bridgehead atoms. The van der Waals surface area contributed by atoms with Crippen molar-refractivity contribution in [1.82, 2.24) is 0 Å². The van der Waals surface area contributed by atoms with Crippen LogP contribution in [0.15, 0.2) is 300 Å². The first kappa shape index (κ1) is 51.5. The Labute approximate surface area is 513 Å².